The van der Waals surface area contributed by atoms with E-state index in [9.17, 15) is 9.59 Å². The van der Waals surface area contributed by atoms with Crippen molar-refractivity contribution in [2.24, 2.45) is 0 Å². The zero-order chi connectivity index (χ0) is 17.6. The fraction of sp³-hybridized carbons (Fsp3) is 0.263. The number of nitrogens with one attached hydrogen (secondary N) is 2. The van der Waals surface area contributed by atoms with Crippen LogP contribution in [0, 0.1) is 0 Å². The highest BCUT2D eigenvalue weighted by Gasteiger charge is 2.38. The molecule has 0 atom stereocenters. The largest absolute Gasteiger partial charge is 0.454 e. The Morgan fingerprint density at radius 3 is 2.80 bits per heavy atom. The van der Waals surface area contributed by atoms with E-state index in [4.69, 9.17) is 9.47 Å². The third-order valence-corrected chi connectivity index (χ3v) is 4.66. The number of carbonyl (C=O) groups excluding carboxylic acids is 2. The standard InChI is InChI=1S/C19H18N2O4/c1-19(2)13-8-12(4-5-14(13)21-18(19)23)17(22)20-9-11-3-6-15-16(7-11)25-10-24-15/h3-8H,9-10H2,1-2H3,(H,20,22)(H,21,23). The summed E-state index contributed by atoms with van der Waals surface area (Å²) < 4.78 is 10.6. The lowest BCUT2D eigenvalue weighted by molar-refractivity contribution is -0.119. The van der Waals surface area contributed by atoms with Crippen LogP contribution in [0.1, 0.15) is 35.3 Å². The van der Waals surface area contributed by atoms with Crippen molar-refractivity contribution in [2.75, 3.05) is 12.1 Å². The van der Waals surface area contributed by atoms with E-state index in [1.807, 2.05) is 32.0 Å². The summed E-state index contributed by atoms with van der Waals surface area (Å²) in [6.45, 7) is 4.31. The van der Waals surface area contributed by atoms with Gasteiger partial charge in [-0.15, -0.1) is 0 Å². The molecule has 2 aromatic carbocycles. The molecule has 0 radical (unpaired) electrons. The van der Waals surface area contributed by atoms with Crippen molar-refractivity contribution < 1.29 is 19.1 Å². The molecule has 0 saturated carbocycles. The van der Waals surface area contributed by atoms with Crippen molar-refractivity contribution in [2.45, 2.75) is 25.8 Å². The summed E-state index contributed by atoms with van der Waals surface area (Å²) in [6, 6.07) is 10.9. The molecule has 2 aromatic rings. The number of benzene rings is 2. The van der Waals surface area contributed by atoms with Crippen LogP contribution in [0.3, 0.4) is 0 Å². The maximum atomic E-state index is 12.5. The highest BCUT2D eigenvalue weighted by Crippen LogP contribution is 2.37. The molecule has 4 rings (SSSR count). The van der Waals surface area contributed by atoms with E-state index in [1.54, 1.807) is 18.2 Å². The molecule has 0 fully saturated rings. The summed E-state index contributed by atoms with van der Waals surface area (Å²) in [6.07, 6.45) is 0. The Morgan fingerprint density at radius 1 is 1.16 bits per heavy atom. The first-order valence-corrected chi connectivity index (χ1v) is 8.08. The maximum absolute atomic E-state index is 12.5. The highest BCUT2D eigenvalue weighted by molar-refractivity contribution is 6.07. The lowest BCUT2D eigenvalue weighted by atomic mass is 9.85. The summed E-state index contributed by atoms with van der Waals surface area (Å²) in [5, 5.41) is 5.73. The van der Waals surface area contributed by atoms with Crippen LogP contribution < -0.4 is 20.1 Å². The average molecular weight is 338 g/mol. The van der Waals surface area contributed by atoms with Crippen LogP contribution in [0.25, 0.3) is 0 Å². The molecule has 6 nitrogen and oxygen atoms in total. The van der Waals surface area contributed by atoms with Gasteiger partial charge in [0.05, 0.1) is 5.41 Å². The molecular weight excluding hydrogens is 320 g/mol. The van der Waals surface area contributed by atoms with Crippen LogP contribution in [-0.2, 0) is 16.8 Å². The minimum atomic E-state index is -0.636. The van der Waals surface area contributed by atoms with Gasteiger partial charge in [0.25, 0.3) is 5.91 Å². The lowest BCUT2D eigenvalue weighted by Gasteiger charge is -2.15. The number of amides is 2. The number of fused-ring (bicyclic) bond motifs is 2. The van der Waals surface area contributed by atoms with Crippen LogP contribution in [0.5, 0.6) is 11.5 Å². The smallest absolute Gasteiger partial charge is 0.251 e. The summed E-state index contributed by atoms with van der Waals surface area (Å²) >= 11 is 0. The van der Waals surface area contributed by atoms with Gasteiger partial charge < -0.3 is 20.1 Å². The first-order valence-electron chi connectivity index (χ1n) is 8.08. The van der Waals surface area contributed by atoms with Gasteiger partial charge in [-0.2, -0.15) is 0 Å². The molecule has 25 heavy (non-hydrogen) atoms. The van der Waals surface area contributed by atoms with Gasteiger partial charge in [0, 0.05) is 17.8 Å². The Labute approximate surface area is 145 Å². The fourth-order valence-corrected chi connectivity index (χ4v) is 3.05. The van der Waals surface area contributed by atoms with E-state index in [1.165, 1.54) is 0 Å². The molecule has 6 heteroatoms. The zero-order valence-corrected chi connectivity index (χ0v) is 14.0. The van der Waals surface area contributed by atoms with Crippen LogP contribution >= 0.6 is 0 Å². The summed E-state index contributed by atoms with van der Waals surface area (Å²) in [4.78, 5) is 24.5. The predicted octanol–water partition coefficient (Wildman–Crippen LogP) is 2.58. The average Bonchev–Trinajstić information content (AvgIpc) is 3.15. The van der Waals surface area contributed by atoms with Crippen LogP contribution in [0.2, 0.25) is 0 Å². The second-order valence-corrected chi connectivity index (χ2v) is 6.71. The van der Waals surface area contributed by atoms with Gasteiger partial charge in [0.1, 0.15) is 0 Å². The SMILES string of the molecule is CC1(C)C(=O)Nc2ccc(C(=O)NCc3ccc4c(c3)OCO4)cc21. The molecule has 2 heterocycles. The second-order valence-electron chi connectivity index (χ2n) is 6.71. The van der Waals surface area contributed by atoms with Gasteiger partial charge >= 0.3 is 0 Å². The van der Waals surface area contributed by atoms with Crippen LogP contribution in [0.4, 0.5) is 5.69 Å². The van der Waals surface area contributed by atoms with E-state index in [2.05, 4.69) is 10.6 Å². The number of carbonyl (C=O) groups is 2. The Bertz CT molecular complexity index is 889. The molecular formula is C19H18N2O4. The minimum Gasteiger partial charge on any atom is -0.454 e. The normalized spacial score (nSPS) is 16.3. The van der Waals surface area contributed by atoms with E-state index in [-0.39, 0.29) is 18.6 Å². The predicted molar refractivity (Wildman–Crippen MR) is 91.8 cm³/mol. The summed E-state index contributed by atoms with van der Waals surface area (Å²) in [5.74, 6) is 1.17. The number of hydrogen-bond acceptors (Lipinski definition) is 4. The Morgan fingerprint density at radius 2 is 1.96 bits per heavy atom. The highest BCUT2D eigenvalue weighted by atomic mass is 16.7. The molecule has 2 aliphatic heterocycles. The van der Waals surface area contributed by atoms with Gasteiger partial charge in [0.2, 0.25) is 12.7 Å². The quantitative estimate of drug-likeness (QED) is 0.902. The number of anilines is 1. The van der Waals surface area contributed by atoms with Crippen LogP contribution in [0.15, 0.2) is 36.4 Å². The molecule has 2 N–H and O–H groups in total. The molecule has 0 unspecified atom stereocenters. The fourth-order valence-electron chi connectivity index (χ4n) is 3.05. The molecule has 128 valence electrons. The molecule has 2 aliphatic rings. The maximum Gasteiger partial charge on any atom is 0.251 e. The van der Waals surface area contributed by atoms with Gasteiger partial charge in [-0.05, 0) is 55.3 Å². The first-order chi connectivity index (χ1) is 11.9. The molecule has 0 aromatic heterocycles. The second kappa shape index (κ2) is 5.51. The third-order valence-electron chi connectivity index (χ3n) is 4.66. The molecule has 0 aliphatic carbocycles. The van der Waals surface area contributed by atoms with Gasteiger partial charge in [-0.1, -0.05) is 6.07 Å². The molecule has 0 saturated heterocycles. The minimum absolute atomic E-state index is 0.0552. The van der Waals surface area contributed by atoms with Crippen molar-refractivity contribution >= 4 is 17.5 Å². The van der Waals surface area contributed by atoms with Crippen molar-refractivity contribution in [3.8, 4) is 11.5 Å². The Kier molecular flexibility index (Phi) is 3.42. The molecule has 2 amide bonds. The van der Waals surface area contributed by atoms with Crippen molar-refractivity contribution in [1.82, 2.24) is 5.32 Å². The van der Waals surface area contributed by atoms with Gasteiger partial charge in [0.15, 0.2) is 11.5 Å². The van der Waals surface area contributed by atoms with Gasteiger partial charge in [-0.3, -0.25) is 9.59 Å². The van der Waals surface area contributed by atoms with Crippen molar-refractivity contribution in [3.63, 3.8) is 0 Å². The molecule has 0 bridgehead atoms. The van der Waals surface area contributed by atoms with E-state index in [0.717, 1.165) is 16.8 Å². The van der Waals surface area contributed by atoms with E-state index >= 15 is 0 Å². The van der Waals surface area contributed by atoms with Crippen molar-refractivity contribution in [3.05, 3.63) is 53.1 Å². The van der Waals surface area contributed by atoms with E-state index in [0.29, 0.717) is 23.6 Å². The topological polar surface area (TPSA) is 76.7 Å². The number of hydrogen-bond donors (Lipinski definition) is 2. The van der Waals surface area contributed by atoms with Gasteiger partial charge in [-0.25, -0.2) is 0 Å². The Balaban J connectivity index is 1.49. The zero-order valence-electron chi connectivity index (χ0n) is 14.0. The summed E-state index contributed by atoms with van der Waals surface area (Å²) in [7, 11) is 0. The Hall–Kier alpha value is -3.02. The monoisotopic (exact) mass is 338 g/mol. The first kappa shape index (κ1) is 15.5. The van der Waals surface area contributed by atoms with Crippen molar-refractivity contribution in [1.29, 1.82) is 0 Å². The lowest BCUT2D eigenvalue weighted by Crippen LogP contribution is -2.27. The van der Waals surface area contributed by atoms with E-state index < -0.39 is 5.41 Å². The number of rotatable bonds is 3. The third kappa shape index (κ3) is 2.59. The number of ether oxygens (including phenoxy) is 2. The van der Waals surface area contributed by atoms with Crippen LogP contribution in [-0.4, -0.2) is 18.6 Å². The summed E-state index contributed by atoms with van der Waals surface area (Å²) in [5.41, 5.74) is 2.43. The molecule has 0 spiro atoms.